The molecular weight excluding hydrogens is 195 g/mol. The van der Waals surface area contributed by atoms with Gasteiger partial charge in [-0.3, -0.25) is 21.1 Å². The first-order chi connectivity index (χ1) is 2.00. The minimum atomic E-state index is -3.14. The van der Waals surface area contributed by atoms with Crippen LogP contribution in [0.3, 0.4) is 0 Å². The van der Waals surface area contributed by atoms with Crippen molar-refractivity contribution in [2.24, 2.45) is 16.5 Å². The summed E-state index contributed by atoms with van der Waals surface area (Å²) in [6, 6.07) is 0. The zero-order valence-electron chi connectivity index (χ0n) is 3.81. The third-order valence-corrected chi connectivity index (χ3v) is 0. The van der Waals surface area contributed by atoms with E-state index in [9.17, 15) is 4.57 Å². The fourth-order valence-corrected chi connectivity index (χ4v) is 0. The van der Waals surface area contributed by atoms with Gasteiger partial charge in [0.05, 0.1) is 0 Å². The summed E-state index contributed by atoms with van der Waals surface area (Å²) in [5.74, 6) is 0. The first kappa shape index (κ1) is 23.1. The van der Waals surface area contributed by atoms with Crippen molar-refractivity contribution in [1.29, 1.82) is 0 Å². The van der Waals surface area contributed by atoms with Crippen LogP contribution >= 0.6 is 44.8 Å². The highest BCUT2D eigenvalue weighted by molar-refractivity contribution is 7.56. The van der Waals surface area contributed by atoms with Gasteiger partial charge in [0.2, 0.25) is 0 Å². The molecule has 0 rings (SSSR count). The maximum absolute atomic E-state index is 9.55. The number of hydrogen-bond acceptors (Lipinski definition) is 1. The molecule has 0 saturated carbocycles. The van der Waals surface area contributed by atoms with Gasteiger partial charge >= 0.3 is 0 Å². The zero-order chi connectivity index (χ0) is 4.50. The van der Waals surface area contributed by atoms with Crippen LogP contribution in [0.2, 0.25) is 0 Å². The van der Waals surface area contributed by atoms with Gasteiger partial charge in [-0.15, -0.1) is 37.2 Å². The quantitative estimate of drug-likeness (QED) is 0.492. The van der Waals surface area contributed by atoms with Crippen molar-refractivity contribution in [1.82, 2.24) is 0 Å². The van der Waals surface area contributed by atoms with Crippen LogP contribution in [-0.4, -0.2) is 0 Å². The Bertz CT molecular complexity index is 60.7. The molecule has 0 aliphatic carbocycles. The highest BCUT2D eigenvalue weighted by atomic mass is 35.5. The summed E-state index contributed by atoms with van der Waals surface area (Å²) in [6.45, 7) is 0. The zero-order valence-corrected chi connectivity index (χ0v) is 7.16. The number of hydrogen-bond donors (Lipinski definition) is 3. The Kier molecular flexibility index (Phi) is 23.0. The smallest absolute Gasteiger partial charge is 0.271 e. The predicted octanol–water partition coefficient (Wildman–Crippen LogP) is 0.236. The number of halogens is 3. The van der Waals surface area contributed by atoms with Gasteiger partial charge < -0.3 is 0 Å². The lowest BCUT2D eigenvalue weighted by Gasteiger charge is -1.88. The minimum Gasteiger partial charge on any atom is -0.272 e. The first-order valence-corrected chi connectivity index (χ1v) is 2.87. The SMILES string of the molecule is Cl.Cl.Cl.NP(N)(N)=O. The monoisotopic (exact) mass is 203 g/mol. The van der Waals surface area contributed by atoms with Crippen LogP contribution in [0.15, 0.2) is 0 Å². The summed E-state index contributed by atoms with van der Waals surface area (Å²) >= 11 is 0. The van der Waals surface area contributed by atoms with E-state index in [4.69, 9.17) is 0 Å². The van der Waals surface area contributed by atoms with Gasteiger partial charge in [0.15, 0.2) is 0 Å². The molecule has 8 heteroatoms. The van der Waals surface area contributed by atoms with Gasteiger partial charge in [0, 0.05) is 0 Å². The molecule has 0 saturated heterocycles. The highest BCUT2D eigenvalue weighted by Gasteiger charge is 1.90. The molecule has 56 valence electrons. The molecule has 0 radical (unpaired) electrons. The van der Waals surface area contributed by atoms with E-state index in [1.165, 1.54) is 0 Å². The molecule has 8 heavy (non-hydrogen) atoms. The van der Waals surface area contributed by atoms with Crippen LogP contribution in [0.5, 0.6) is 0 Å². The second-order valence-corrected chi connectivity index (χ2v) is 2.29. The van der Waals surface area contributed by atoms with E-state index in [1.54, 1.807) is 0 Å². The van der Waals surface area contributed by atoms with Crippen molar-refractivity contribution in [3.05, 3.63) is 0 Å². The average Bonchev–Trinajstić information content (AvgIpc) is 0.722. The van der Waals surface area contributed by atoms with E-state index in [0.717, 1.165) is 0 Å². The van der Waals surface area contributed by atoms with Crippen molar-refractivity contribution in [3.8, 4) is 0 Å². The molecule has 0 heterocycles. The van der Waals surface area contributed by atoms with Crippen molar-refractivity contribution in [3.63, 3.8) is 0 Å². The second kappa shape index (κ2) is 7.98. The van der Waals surface area contributed by atoms with E-state index in [2.05, 4.69) is 16.5 Å². The molecule has 0 fully saturated rings. The van der Waals surface area contributed by atoms with E-state index in [1.807, 2.05) is 0 Å². The molecular formula is H9Cl3N3OP. The normalized spacial score (nSPS) is 7.38. The highest BCUT2D eigenvalue weighted by Crippen LogP contribution is 2.06. The Morgan fingerprint density at radius 1 is 0.875 bits per heavy atom. The molecule has 6 N–H and O–H groups in total. The Labute approximate surface area is 66.3 Å². The van der Waals surface area contributed by atoms with Gasteiger partial charge in [-0.05, 0) is 0 Å². The third kappa shape index (κ3) is 260. The lowest BCUT2D eigenvalue weighted by molar-refractivity contribution is 0.577. The van der Waals surface area contributed by atoms with Crippen molar-refractivity contribution < 1.29 is 4.57 Å². The Morgan fingerprint density at radius 3 is 0.875 bits per heavy atom. The van der Waals surface area contributed by atoms with E-state index >= 15 is 0 Å². The van der Waals surface area contributed by atoms with Gasteiger partial charge in [-0.1, -0.05) is 0 Å². The molecule has 0 spiro atoms. The molecule has 0 aromatic heterocycles. The standard InChI is InChI=1S/3ClH.H6N3OP/c;;;1-5(2,3)4/h3*1H;(H6,1,2,3,4). The molecule has 0 aromatic rings. The van der Waals surface area contributed by atoms with Crippen LogP contribution in [-0.2, 0) is 4.57 Å². The number of rotatable bonds is 0. The number of nitrogens with two attached hydrogens (primary N) is 3. The van der Waals surface area contributed by atoms with E-state index < -0.39 is 7.59 Å². The van der Waals surface area contributed by atoms with Crippen LogP contribution < -0.4 is 16.5 Å². The Morgan fingerprint density at radius 2 is 0.875 bits per heavy atom. The lowest BCUT2D eigenvalue weighted by Crippen LogP contribution is -2.12. The molecule has 0 aliphatic rings. The van der Waals surface area contributed by atoms with Crippen molar-refractivity contribution in [2.45, 2.75) is 0 Å². The summed E-state index contributed by atoms with van der Waals surface area (Å²) in [7, 11) is -3.14. The van der Waals surface area contributed by atoms with Crippen LogP contribution in [0, 0.1) is 0 Å². The van der Waals surface area contributed by atoms with Gasteiger partial charge in [-0.2, -0.15) is 0 Å². The maximum Gasteiger partial charge on any atom is 0.271 e. The average molecular weight is 204 g/mol. The molecule has 0 aromatic carbocycles. The molecule has 0 bridgehead atoms. The van der Waals surface area contributed by atoms with Gasteiger partial charge in [0.25, 0.3) is 7.59 Å². The van der Waals surface area contributed by atoms with Crippen LogP contribution in [0.4, 0.5) is 0 Å². The minimum absolute atomic E-state index is 0. The Balaban J connectivity index is -0.0000000267. The summed E-state index contributed by atoms with van der Waals surface area (Å²) in [5, 5.41) is 0. The molecule has 0 unspecified atom stereocenters. The topological polar surface area (TPSA) is 95.1 Å². The maximum atomic E-state index is 9.55. The molecule has 0 amide bonds. The largest absolute Gasteiger partial charge is 0.272 e. The molecule has 0 aliphatic heterocycles. The third-order valence-electron chi connectivity index (χ3n) is 0. The van der Waals surface area contributed by atoms with Crippen LogP contribution in [0.25, 0.3) is 0 Å². The first-order valence-electron chi connectivity index (χ1n) is 0.957. The molecule has 4 nitrogen and oxygen atoms in total. The summed E-state index contributed by atoms with van der Waals surface area (Å²) in [6.07, 6.45) is 0. The van der Waals surface area contributed by atoms with E-state index in [-0.39, 0.29) is 37.2 Å². The van der Waals surface area contributed by atoms with Crippen molar-refractivity contribution >= 4 is 44.8 Å². The summed E-state index contributed by atoms with van der Waals surface area (Å²) in [5.41, 5.74) is 13.4. The van der Waals surface area contributed by atoms with Gasteiger partial charge in [-0.25, -0.2) is 0 Å². The summed E-state index contributed by atoms with van der Waals surface area (Å²) in [4.78, 5) is 0. The Hall–Kier alpha value is 0.980. The van der Waals surface area contributed by atoms with E-state index in [0.29, 0.717) is 0 Å². The molecule has 0 atom stereocenters. The fraction of sp³-hybridized carbons (Fsp3) is 0. The lowest BCUT2D eigenvalue weighted by atomic mass is 13.8. The van der Waals surface area contributed by atoms with Gasteiger partial charge in [0.1, 0.15) is 0 Å². The fourth-order valence-electron chi connectivity index (χ4n) is 0. The van der Waals surface area contributed by atoms with Crippen molar-refractivity contribution in [2.75, 3.05) is 0 Å². The predicted molar refractivity (Wildman–Crippen MR) is 41.9 cm³/mol. The summed E-state index contributed by atoms with van der Waals surface area (Å²) < 4.78 is 9.55. The second-order valence-electron chi connectivity index (χ2n) is 0.763. The van der Waals surface area contributed by atoms with Crippen LogP contribution in [0.1, 0.15) is 0 Å².